The molecule has 0 amide bonds. The predicted molar refractivity (Wildman–Crippen MR) is 90.4 cm³/mol. The van der Waals surface area contributed by atoms with Crippen LogP contribution in [0.4, 0.5) is 4.39 Å². The van der Waals surface area contributed by atoms with Crippen LogP contribution in [-0.4, -0.2) is 17.9 Å². The molecule has 1 aromatic heterocycles. The summed E-state index contributed by atoms with van der Waals surface area (Å²) < 4.78 is 23.4. The van der Waals surface area contributed by atoms with Crippen molar-refractivity contribution in [1.29, 1.82) is 0 Å². The molecule has 0 saturated carbocycles. The van der Waals surface area contributed by atoms with E-state index in [2.05, 4.69) is 10.1 Å². The summed E-state index contributed by atoms with van der Waals surface area (Å²) >= 11 is 0. The Bertz CT molecular complexity index is 858. The lowest BCUT2D eigenvalue weighted by molar-refractivity contribution is 0.127. The van der Waals surface area contributed by atoms with Crippen LogP contribution in [0.1, 0.15) is 11.3 Å². The van der Waals surface area contributed by atoms with Gasteiger partial charge in [-0.1, -0.05) is 5.16 Å². The summed E-state index contributed by atoms with van der Waals surface area (Å²) in [5, 5.41) is 3.80. The highest BCUT2D eigenvalue weighted by atomic mass is 19.1. The Balaban J connectivity index is 1.61. The third kappa shape index (κ3) is 4.14. The molecule has 0 fully saturated rings. The zero-order chi connectivity index (χ0) is 17.6. The third-order valence-electron chi connectivity index (χ3n) is 3.40. The van der Waals surface area contributed by atoms with Crippen molar-refractivity contribution in [3.05, 3.63) is 71.9 Å². The molecule has 0 aliphatic carbocycles. The summed E-state index contributed by atoms with van der Waals surface area (Å²) in [5.41, 5.74) is 7.74. The van der Waals surface area contributed by atoms with Crippen molar-refractivity contribution in [2.45, 2.75) is 6.61 Å². The maximum Gasteiger partial charge on any atom is 0.226 e. The van der Waals surface area contributed by atoms with Crippen LogP contribution in [0.5, 0.6) is 5.75 Å². The molecule has 0 saturated heterocycles. The lowest BCUT2D eigenvalue weighted by Gasteiger charge is -2.01. The zero-order valence-corrected chi connectivity index (χ0v) is 13.5. The summed E-state index contributed by atoms with van der Waals surface area (Å²) in [5.74, 6) is 1.03. The molecule has 0 unspecified atom stereocenters. The molecule has 3 rings (SSSR count). The number of oxime groups is 1. The molecule has 128 valence electrons. The molecule has 6 nitrogen and oxygen atoms in total. The normalized spacial score (nSPS) is 11.4. The maximum atomic E-state index is 12.9. The van der Waals surface area contributed by atoms with Crippen LogP contribution in [0.3, 0.4) is 0 Å². The number of halogens is 1. The van der Waals surface area contributed by atoms with E-state index in [0.717, 1.165) is 11.3 Å². The molecule has 0 atom stereocenters. The molecular weight excluding hydrogens is 325 g/mol. The van der Waals surface area contributed by atoms with E-state index in [1.165, 1.54) is 30.5 Å². The van der Waals surface area contributed by atoms with Gasteiger partial charge in [0, 0.05) is 11.1 Å². The van der Waals surface area contributed by atoms with Crippen molar-refractivity contribution in [3.63, 3.8) is 0 Å². The van der Waals surface area contributed by atoms with E-state index in [0.29, 0.717) is 17.1 Å². The Hall–Kier alpha value is -3.35. The van der Waals surface area contributed by atoms with Crippen LogP contribution >= 0.6 is 0 Å². The van der Waals surface area contributed by atoms with E-state index in [9.17, 15) is 4.39 Å². The minimum absolute atomic E-state index is 0.0988. The number of nitrogens with two attached hydrogens (primary N) is 1. The van der Waals surface area contributed by atoms with Gasteiger partial charge in [-0.3, -0.25) is 0 Å². The van der Waals surface area contributed by atoms with E-state index in [4.69, 9.17) is 19.7 Å². The summed E-state index contributed by atoms with van der Waals surface area (Å²) in [6.45, 7) is 0.0988. The van der Waals surface area contributed by atoms with Crippen molar-refractivity contribution in [3.8, 4) is 17.2 Å². The molecule has 1 heterocycles. The third-order valence-corrected chi connectivity index (χ3v) is 3.40. The number of benzene rings is 2. The van der Waals surface area contributed by atoms with Gasteiger partial charge in [-0.05, 0) is 48.5 Å². The number of methoxy groups -OCH3 is 1. The Kier molecular flexibility index (Phi) is 4.94. The first-order valence-electron chi connectivity index (χ1n) is 7.46. The zero-order valence-electron chi connectivity index (χ0n) is 13.5. The van der Waals surface area contributed by atoms with Gasteiger partial charge in [-0.15, -0.1) is 0 Å². The average molecular weight is 341 g/mol. The highest BCUT2D eigenvalue weighted by Crippen LogP contribution is 2.22. The topological polar surface area (TPSA) is 82.9 Å². The average Bonchev–Trinajstić information content (AvgIpc) is 3.11. The smallest absolute Gasteiger partial charge is 0.226 e. The molecule has 7 heteroatoms. The predicted octanol–water partition coefficient (Wildman–Crippen LogP) is 3.33. The van der Waals surface area contributed by atoms with Crippen LogP contribution in [0.15, 0.2) is 64.4 Å². The fraction of sp³-hybridized carbons (Fsp3) is 0.111. The standard InChI is InChI=1S/C18H16FN3O3/c1-23-16-8-4-13(5-9-16)18-21-15(10-24-18)11-25-22-17(20)12-2-6-14(19)7-3-12/h2-10H,11H2,1H3,(H2,20,22). The summed E-state index contributed by atoms with van der Waals surface area (Å²) in [7, 11) is 1.60. The lowest BCUT2D eigenvalue weighted by Crippen LogP contribution is -2.13. The van der Waals surface area contributed by atoms with Gasteiger partial charge in [0.15, 0.2) is 12.4 Å². The highest BCUT2D eigenvalue weighted by molar-refractivity contribution is 5.96. The fourth-order valence-electron chi connectivity index (χ4n) is 2.08. The van der Waals surface area contributed by atoms with Gasteiger partial charge in [0.25, 0.3) is 0 Å². The van der Waals surface area contributed by atoms with E-state index in [1.54, 1.807) is 7.11 Å². The number of hydrogen-bond acceptors (Lipinski definition) is 5. The SMILES string of the molecule is COc1ccc(-c2nc(CO/N=C(\N)c3ccc(F)cc3)co2)cc1. The largest absolute Gasteiger partial charge is 0.497 e. The van der Waals surface area contributed by atoms with E-state index in [-0.39, 0.29) is 18.3 Å². The number of amidine groups is 1. The van der Waals surface area contributed by atoms with Gasteiger partial charge in [-0.2, -0.15) is 0 Å². The van der Waals surface area contributed by atoms with Gasteiger partial charge in [0.2, 0.25) is 5.89 Å². The Morgan fingerprint density at radius 2 is 1.88 bits per heavy atom. The van der Waals surface area contributed by atoms with Crippen LogP contribution in [0.25, 0.3) is 11.5 Å². The van der Waals surface area contributed by atoms with E-state index >= 15 is 0 Å². The van der Waals surface area contributed by atoms with Crippen molar-refractivity contribution in [2.75, 3.05) is 7.11 Å². The maximum absolute atomic E-state index is 12.9. The molecule has 3 aromatic rings. The van der Waals surface area contributed by atoms with Crippen molar-refractivity contribution < 1.29 is 18.4 Å². The van der Waals surface area contributed by atoms with Gasteiger partial charge in [0.1, 0.15) is 23.5 Å². The number of aromatic nitrogens is 1. The molecule has 25 heavy (non-hydrogen) atoms. The first kappa shape index (κ1) is 16.5. The Labute approximate surface area is 143 Å². The summed E-state index contributed by atoms with van der Waals surface area (Å²) in [6, 6.07) is 13.0. The van der Waals surface area contributed by atoms with Crippen LogP contribution in [0, 0.1) is 5.82 Å². The second-order valence-electron chi connectivity index (χ2n) is 5.13. The number of ether oxygens (including phenoxy) is 1. The van der Waals surface area contributed by atoms with Crippen molar-refractivity contribution in [1.82, 2.24) is 4.98 Å². The molecular formula is C18H16FN3O3. The highest BCUT2D eigenvalue weighted by Gasteiger charge is 2.07. The lowest BCUT2D eigenvalue weighted by atomic mass is 10.2. The molecule has 2 aromatic carbocycles. The molecule has 0 spiro atoms. The summed E-state index contributed by atoms with van der Waals surface area (Å²) in [6.07, 6.45) is 1.49. The van der Waals surface area contributed by atoms with Crippen molar-refractivity contribution in [2.24, 2.45) is 10.9 Å². The molecule has 0 aliphatic rings. The number of nitrogens with zero attached hydrogens (tertiary/aromatic N) is 2. The fourth-order valence-corrected chi connectivity index (χ4v) is 2.08. The quantitative estimate of drug-likeness (QED) is 0.422. The van der Waals surface area contributed by atoms with Crippen LogP contribution in [0.2, 0.25) is 0 Å². The number of rotatable bonds is 6. The second kappa shape index (κ2) is 7.48. The molecule has 0 radical (unpaired) electrons. The second-order valence-corrected chi connectivity index (χ2v) is 5.13. The minimum atomic E-state index is -0.342. The monoisotopic (exact) mass is 341 g/mol. The first-order valence-corrected chi connectivity index (χ1v) is 7.46. The van der Waals surface area contributed by atoms with Gasteiger partial charge in [0.05, 0.1) is 7.11 Å². The molecule has 2 N–H and O–H groups in total. The Morgan fingerprint density at radius 3 is 2.56 bits per heavy atom. The van der Waals surface area contributed by atoms with Crippen LogP contribution in [-0.2, 0) is 11.4 Å². The summed E-state index contributed by atoms with van der Waals surface area (Å²) in [4.78, 5) is 9.50. The molecule has 0 aliphatic heterocycles. The first-order chi connectivity index (χ1) is 12.2. The van der Waals surface area contributed by atoms with Gasteiger partial charge in [-0.25, -0.2) is 9.37 Å². The van der Waals surface area contributed by atoms with Crippen LogP contribution < -0.4 is 10.5 Å². The van der Waals surface area contributed by atoms with Crippen molar-refractivity contribution >= 4 is 5.84 Å². The van der Waals surface area contributed by atoms with E-state index < -0.39 is 0 Å². The number of oxazole rings is 1. The number of hydrogen-bond donors (Lipinski definition) is 1. The van der Waals surface area contributed by atoms with Gasteiger partial charge >= 0.3 is 0 Å². The molecule has 0 bridgehead atoms. The van der Waals surface area contributed by atoms with Gasteiger partial charge < -0.3 is 19.7 Å². The van der Waals surface area contributed by atoms with E-state index in [1.807, 2.05) is 24.3 Å². The Morgan fingerprint density at radius 1 is 1.16 bits per heavy atom. The minimum Gasteiger partial charge on any atom is -0.497 e.